The second-order valence-electron chi connectivity index (χ2n) is 4.37. The summed E-state index contributed by atoms with van der Waals surface area (Å²) in [7, 11) is 0. The number of pyridine rings is 1. The van der Waals surface area contributed by atoms with Gasteiger partial charge in [0.25, 0.3) is 0 Å². The minimum Gasteiger partial charge on any atom is -0.277 e. The molecule has 0 saturated heterocycles. The van der Waals surface area contributed by atoms with E-state index in [1.807, 2.05) is 31.5 Å². The second-order valence-corrected chi connectivity index (χ2v) is 4.37. The minimum atomic E-state index is 0.797. The molecule has 92 valence electrons. The third-order valence-corrected chi connectivity index (χ3v) is 3.19. The molecule has 0 atom stereocenters. The van der Waals surface area contributed by atoms with Crippen LogP contribution in [0.1, 0.15) is 5.69 Å². The highest BCUT2D eigenvalue weighted by atomic mass is 15.2. The van der Waals surface area contributed by atoms with Gasteiger partial charge in [-0.15, -0.1) is 0 Å². The van der Waals surface area contributed by atoms with E-state index in [4.69, 9.17) is 0 Å². The second kappa shape index (κ2) is 3.61. The third kappa shape index (κ3) is 1.43. The fraction of sp³-hybridized carbons (Fsp3) is 0.0769. The fourth-order valence-electron chi connectivity index (χ4n) is 2.20. The molecule has 0 bridgehead atoms. The number of nitrogens with one attached hydrogen (secondary N) is 1. The number of hydrogen-bond acceptors (Lipinski definition) is 4. The molecule has 0 unspecified atom stereocenters. The summed E-state index contributed by atoms with van der Waals surface area (Å²) in [6.07, 6.45) is 7.22. The number of aryl methyl sites for hydroxylation is 1. The van der Waals surface area contributed by atoms with Crippen molar-refractivity contribution in [2.24, 2.45) is 0 Å². The van der Waals surface area contributed by atoms with Crippen LogP contribution < -0.4 is 0 Å². The average molecular weight is 250 g/mol. The van der Waals surface area contributed by atoms with Gasteiger partial charge in [-0.2, -0.15) is 10.2 Å². The quantitative estimate of drug-likeness (QED) is 0.560. The molecule has 4 heterocycles. The number of hydrogen-bond donors (Lipinski definition) is 1. The lowest BCUT2D eigenvalue weighted by molar-refractivity contribution is 0.939. The molecule has 4 aromatic rings. The van der Waals surface area contributed by atoms with E-state index in [1.165, 1.54) is 0 Å². The molecule has 0 aliphatic rings. The number of nitrogens with zero attached hydrogens (tertiary/aromatic N) is 5. The van der Waals surface area contributed by atoms with Crippen molar-refractivity contribution in [3.63, 3.8) is 0 Å². The summed E-state index contributed by atoms with van der Waals surface area (Å²) in [6, 6.07) is 3.82. The summed E-state index contributed by atoms with van der Waals surface area (Å²) in [6.45, 7) is 1.96. The molecule has 0 amide bonds. The predicted molar refractivity (Wildman–Crippen MR) is 70.6 cm³/mol. The van der Waals surface area contributed by atoms with Gasteiger partial charge in [0.2, 0.25) is 0 Å². The van der Waals surface area contributed by atoms with E-state index in [0.717, 1.165) is 33.5 Å². The standard InChI is InChI=1S/C13H10N6/c1-8-9-6-15-11(5-12(9)18-17-8)10-7-16-19-4-2-3-14-13(10)19/h2-7H,1H3,(H,17,18). The Morgan fingerprint density at radius 3 is 3.11 bits per heavy atom. The first-order chi connectivity index (χ1) is 9.33. The van der Waals surface area contributed by atoms with Crippen LogP contribution in [-0.4, -0.2) is 29.8 Å². The molecular weight excluding hydrogens is 240 g/mol. The summed E-state index contributed by atoms with van der Waals surface area (Å²) >= 11 is 0. The van der Waals surface area contributed by atoms with Crippen LogP contribution in [0.25, 0.3) is 27.8 Å². The molecule has 4 aromatic heterocycles. The molecule has 4 rings (SSSR count). The summed E-state index contributed by atoms with van der Waals surface area (Å²) in [5, 5.41) is 12.5. The summed E-state index contributed by atoms with van der Waals surface area (Å²) in [5.41, 5.74) is 4.47. The topological polar surface area (TPSA) is 71.8 Å². The lowest BCUT2D eigenvalue weighted by Crippen LogP contribution is -1.88. The SMILES string of the molecule is Cc1n[nH]c2cc(-c3cnn4cccnc34)ncc12. The molecular formula is C13H10N6. The van der Waals surface area contributed by atoms with Crippen LogP contribution in [0.5, 0.6) is 0 Å². The van der Waals surface area contributed by atoms with E-state index in [9.17, 15) is 0 Å². The Hall–Kier alpha value is -2.76. The molecule has 0 aromatic carbocycles. The molecule has 0 saturated carbocycles. The Bertz CT molecular complexity index is 888. The zero-order valence-electron chi connectivity index (χ0n) is 10.2. The van der Waals surface area contributed by atoms with Gasteiger partial charge in [-0.3, -0.25) is 10.1 Å². The van der Waals surface area contributed by atoms with E-state index < -0.39 is 0 Å². The van der Waals surface area contributed by atoms with E-state index in [0.29, 0.717) is 0 Å². The molecule has 0 spiro atoms. The number of rotatable bonds is 1. The molecule has 6 nitrogen and oxygen atoms in total. The van der Waals surface area contributed by atoms with Crippen LogP contribution in [0.4, 0.5) is 0 Å². The van der Waals surface area contributed by atoms with E-state index >= 15 is 0 Å². The van der Waals surface area contributed by atoms with Gasteiger partial charge in [-0.25, -0.2) is 9.50 Å². The van der Waals surface area contributed by atoms with Gasteiger partial charge in [0.1, 0.15) is 0 Å². The van der Waals surface area contributed by atoms with Crippen molar-refractivity contribution < 1.29 is 0 Å². The van der Waals surface area contributed by atoms with E-state index in [-0.39, 0.29) is 0 Å². The summed E-state index contributed by atoms with van der Waals surface area (Å²) in [5.74, 6) is 0. The summed E-state index contributed by atoms with van der Waals surface area (Å²) < 4.78 is 1.74. The highest BCUT2D eigenvalue weighted by Crippen LogP contribution is 2.24. The lowest BCUT2D eigenvalue weighted by atomic mass is 10.2. The zero-order valence-corrected chi connectivity index (χ0v) is 10.2. The third-order valence-electron chi connectivity index (χ3n) is 3.19. The molecule has 0 fully saturated rings. The van der Waals surface area contributed by atoms with Gasteiger partial charge in [0, 0.05) is 24.0 Å². The number of H-pyrrole nitrogens is 1. The van der Waals surface area contributed by atoms with Crippen LogP contribution in [0, 0.1) is 6.92 Å². The maximum Gasteiger partial charge on any atom is 0.164 e. The minimum absolute atomic E-state index is 0.797. The monoisotopic (exact) mass is 250 g/mol. The highest BCUT2D eigenvalue weighted by Gasteiger charge is 2.10. The van der Waals surface area contributed by atoms with Crippen LogP contribution in [-0.2, 0) is 0 Å². The Morgan fingerprint density at radius 2 is 2.16 bits per heavy atom. The Kier molecular flexibility index (Phi) is 1.94. The molecule has 6 heteroatoms. The van der Waals surface area contributed by atoms with Crippen molar-refractivity contribution in [2.45, 2.75) is 6.92 Å². The molecule has 0 aliphatic carbocycles. The van der Waals surface area contributed by atoms with Gasteiger partial charge in [-0.1, -0.05) is 0 Å². The predicted octanol–water partition coefficient (Wildman–Crippen LogP) is 1.98. The van der Waals surface area contributed by atoms with Crippen molar-refractivity contribution in [3.8, 4) is 11.3 Å². The van der Waals surface area contributed by atoms with Crippen molar-refractivity contribution in [2.75, 3.05) is 0 Å². The molecule has 0 aliphatic heterocycles. The van der Waals surface area contributed by atoms with Crippen LogP contribution in [0.3, 0.4) is 0 Å². The van der Waals surface area contributed by atoms with Crippen LogP contribution in [0.15, 0.2) is 36.9 Å². The molecule has 1 N–H and O–H groups in total. The maximum atomic E-state index is 4.48. The Balaban J connectivity index is 1.98. The highest BCUT2D eigenvalue weighted by molar-refractivity contribution is 5.86. The largest absolute Gasteiger partial charge is 0.277 e. The Morgan fingerprint density at radius 1 is 1.21 bits per heavy atom. The first kappa shape index (κ1) is 10.2. The molecule has 19 heavy (non-hydrogen) atoms. The van der Waals surface area contributed by atoms with Gasteiger partial charge in [0.05, 0.1) is 28.7 Å². The van der Waals surface area contributed by atoms with Crippen molar-refractivity contribution in [1.29, 1.82) is 0 Å². The van der Waals surface area contributed by atoms with Gasteiger partial charge >= 0.3 is 0 Å². The van der Waals surface area contributed by atoms with Crippen molar-refractivity contribution in [3.05, 3.63) is 42.6 Å². The van der Waals surface area contributed by atoms with Crippen molar-refractivity contribution in [1.82, 2.24) is 29.8 Å². The van der Waals surface area contributed by atoms with Gasteiger partial charge < -0.3 is 0 Å². The number of aromatic nitrogens is 6. The molecule has 0 radical (unpaired) electrons. The fourth-order valence-corrected chi connectivity index (χ4v) is 2.20. The lowest BCUT2D eigenvalue weighted by Gasteiger charge is -1.98. The van der Waals surface area contributed by atoms with Crippen LogP contribution >= 0.6 is 0 Å². The van der Waals surface area contributed by atoms with Gasteiger partial charge in [0.15, 0.2) is 5.65 Å². The maximum absolute atomic E-state index is 4.48. The normalized spacial score (nSPS) is 11.4. The number of aromatic amines is 1. The zero-order chi connectivity index (χ0) is 12.8. The smallest absolute Gasteiger partial charge is 0.164 e. The first-order valence-corrected chi connectivity index (χ1v) is 5.92. The van der Waals surface area contributed by atoms with Crippen molar-refractivity contribution >= 4 is 16.6 Å². The van der Waals surface area contributed by atoms with E-state index in [2.05, 4.69) is 25.3 Å². The Labute approximate surface area is 108 Å². The van der Waals surface area contributed by atoms with Crippen LogP contribution in [0.2, 0.25) is 0 Å². The van der Waals surface area contributed by atoms with E-state index in [1.54, 1.807) is 16.9 Å². The number of fused-ring (bicyclic) bond motifs is 2. The summed E-state index contributed by atoms with van der Waals surface area (Å²) in [4.78, 5) is 8.82. The average Bonchev–Trinajstić information content (AvgIpc) is 3.03. The first-order valence-electron chi connectivity index (χ1n) is 5.92. The van der Waals surface area contributed by atoms with Gasteiger partial charge in [-0.05, 0) is 19.1 Å².